The molecule has 0 radical (unpaired) electrons. The zero-order valence-electron chi connectivity index (χ0n) is 9.44. The van der Waals surface area contributed by atoms with Crippen LogP contribution in [0.2, 0.25) is 0 Å². The summed E-state index contributed by atoms with van der Waals surface area (Å²) in [6.07, 6.45) is 0.982. The largest absolute Gasteiger partial charge is 0.481 e. The third-order valence-electron chi connectivity index (χ3n) is 2.52. The molecule has 0 aliphatic heterocycles. The SMILES string of the molecule is O=C(O)CCCc1nc2ccc(Br)cc2c(=O)[nH]1. The molecular weight excluding hydrogens is 300 g/mol. The van der Waals surface area contributed by atoms with Crippen molar-refractivity contribution in [2.75, 3.05) is 0 Å². The molecule has 0 bridgehead atoms. The minimum absolute atomic E-state index is 0.0715. The van der Waals surface area contributed by atoms with Gasteiger partial charge in [0.2, 0.25) is 0 Å². The number of aliphatic carboxylic acids is 1. The van der Waals surface area contributed by atoms with E-state index in [1.165, 1.54) is 0 Å². The summed E-state index contributed by atoms with van der Waals surface area (Å²) in [6.45, 7) is 0. The second-order valence-electron chi connectivity index (χ2n) is 3.92. The van der Waals surface area contributed by atoms with E-state index in [-0.39, 0.29) is 12.0 Å². The Balaban J connectivity index is 2.29. The number of fused-ring (bicyclic) bond motifs is 1. The number of carboxylic acid groups (broad SMARTS) is 1. The van der Waals surface area contributed by atoms with Gasteiger partial charge in [0.25, 0.3) is 5.56 Å². The van der Waals surface area contributed by atoms with Crippen LogP contribution in [0.4, 0.5) is 0 Å². The highest BCUT2D eigenvalue weighted by Gasteiger charge is 2.05. The maximum absolute atomic E-state index is 11.8. The van der Waals surface area contributed by atoms with Crippen molar-refractivity contribution in [1.29, 1.82) is 0 Å². The summed E-state index contributed by atoms with van der Waals surface area (Å²) in [5.41, 5.74) is 0.416. The molecule has 2 N–H and O–H groups in total. The van der Waals surface area contributed by atoms with Crippen molar-refractivity contribution in [3.05, 3.63) is 38.9 Å². The minimum atomic E-state index is -0.845. The Bertz CT molecular complexity index is 651. The molecule has 0 aliphatic carbocycles. The summed E-state index contributed by atoms with van der Waals surface area (Å²) >= 11 is 3.30. The van der Waals surface area contributed by atoms with E-state index in [1.54, 1.807) is 12.1 Å². The minimum Gasteiger partial charge on any atom is -0.481 e. The lowest BCUT2D eigenvalue weighted by molar-refractivity contribution is -0.137. The number of H-pyrrole nitrogens is 1. The first kappa shape index (κ1) is 12.8. The van der Waals surface area contributed by atoms with Crippen LogP contribution in [0.3, 0.4) is 0 Å². The summed E-state index contributed by atoms with van der Waals surface area (Å²) in [7, 11) is 0. The number of aryl methyl sites for hydroxylation is 1. The van der Waals surface area contributed by atoms with Crippen LogP contribution in [0, 0.1) is 0 Å². The van der Waals surface area contributed by atoms with E-state index in [1.807, 2.05) is 6.07 Å². The van der Waals surface area contributed by atoms with Crippen LogP contribution in [0.25, 0.3) is 10.9 Å². The highest BCUT2D eigenvalue weighted by molar-refractivity contribution is 9.10. The van der Waals surface area contributed by atoms with E-state index < -0.39 is 5.97 Å². The first-order chi connectivity index (χ1) is 8.56. The van der Waals surface area contributed by atoms with Crippen LogP contribution in [0.15, 0.2) is 27.5 Å². The number of carbonyl (C=O) groups is 1. The van der Waals surface area contributed by atoms with E-state index in [9.17, 15) is 9.59 Å². The number of rotatable bonds is 4. The van der Waals surface area contributed by atoms with Gasteiger partial charge >= 0.3 is 5.97 Å². The summed E-state index contributed by atoms with van der Waals surface area (Å²) in [5.74, 6) is -0.321. The van der Waals surface area contributed by atoms with Crippen molar-refractivity contribution in [1.82, 2.24) is 9.97 Å². The molecule has 1 heterocycles. The molecule has 0 amide bonds. The summed E-state index contributed by atoms with van der Waals surface area (Å²) in [5, 5.41) is 9.07. The van der Waals surface area contributed by atoms with Crippen molar-refractivity contribution in [3.63, 3.8) is 0 Å². The Morgan fingerprint density at radius 1 is 1.44 bits per heavy atom. The zero-order chi connectivity index (χ0) is 13.1. The highest BCUT2D eigenvalue weighted by atomic mass is 79.9. The van der Waals surface area contributed by atoms with E-state index >= 15 is 0 Å². The molecule has 0 atom stereocenters. The van der Waals surface area contributed by atoms with Gasteiger partial charge < -0.3 is 10.1 Å². The monoisotopic (exact) mass is 310 g/mol. The first-order valence-electron chi connectivity index (χ1n) is 5.46. The maximum Gasteiger partial charge on any atom is 0.303 e. The predicted octanol–water partition coefficient (Wildman–Crippen LogP) is 2.09. The van der Waals surface area contributed by atoms with E-state index in [0.29, 0.717) is 29.6 Å². The number of nitrogens with one attached hydrogen (secondary N) is 1. The Morgan fingerprint density at radius 3 is 2.94 bits per heavy atom. The molecule has 6 heteroatoms. The number of nitrogens with zero attached hydrogens (tertiary/aromatic N) is 1. The van der Waals surface area contributed by atoms with Crippen LogP contribution in [-0.2, 0) is 11.2 Å². The fourth-order valence-corrected chi connectivity index (χ4v) is 2.05. The molecule has 2 aromatic rings. The third kappa shape index (κ3) is 2.95. The summed E-state index contributed by atoms with van der Waals surface area (Å²) in [6, 6.07) is 5.29. The molecule has 0 fully saturated rings. The van der Waals surface area contributed by atoms with Crippen molar-refractivity contribution >= 4 is 32.8 Å². The number of benzene rings is 1. The average Bonchev–Trinajstić information content (AvgIpc) is 2.30. The second kappa shape index (κ2) is 5.30. The molecular formula is C12H11BrN2O3. The average molecular weight is 311 g/mol. The number of hydrogen-bond donors (Lipinski definition) is 2. The van der Waals surface area contributed by atoms with Crippen molar-refractivity contribution < 1.29 is 9.90 Å². The van der Waals surface area contributed by atoms with Gasteiger partial charge in [0.15, 0.2) is 0 Å². The molecule has 2 rings (SSSR count). The number of carboxylic acids is 1. The van der Waals surface area contributed by atoms with Crippen LogP contribution in [0.1, 0.15) is 18.7 Å². The standard InChI is InChI=1S/C12H11BrN2O3/c13-7-4-5-9-8(6-7)12(18)15-10(14-9)2-1-3-11(16)17/h4-6H,1-3H2,(H,16,17)(H,14,15,18). The van der Waals surface area contributed by atoms with Crippen LogP contribution < -0.4 is 5.56 Å². The molecule has 0 spiro atoms. The fourth-order valence-electron chi connectivity index (χ4n) is 1.68. The zero-order valence-corrected chi connectivity index (χ0v) is 11.0. The topological polar surface area (TPSA) is 83.0 Å². The van der Waals surface area contributed by atoms with Gasteiger partial charge in [-0.2, -0.15) is 0 Å². The van der Waals surface area contributed by atoms with Gasteiger partial charge in [0.1, 0.15) is 5.82 Å². The normalized spacial score (nSPS) is 10.7. The fraction of sp³-hybridized carbons (Fsp3) is 0.250. The van der Waals surface area contributed by atoms with Crippen molar-refractivity contribution in [2.24, 2.45) is 0 Å². The van der Waals surface area contributed by atoms with Crippen molar-refractivity contribution in [2.45, 2.75) is 19.3 Å². The van der Waals surface area contributed by atoms with Gasteiger partial charge in [-0.15, -0.1) is 0 Å². The first-order valence-corrected chi connectivity index (χ1v) is 6.26. The third-order valence-corrected chi connectivity index (χ3v) is 3.01. The Kier molecular flexibility index (Phi) is 3.76. The molecule has 0 saturated heterocycles. The number of halogens is 1. The second-order valence-corrected chi connectivity index (χ2v) is 4.84. The Labute approximate surface area is 111 Å². The number of aromatic amines is 1. The summed E-state index contributed by atoms with van der Waals surface area (Å²) < 4.78 is 0.820. The van der Waals surface area contributed by atoms with Gasteiger partial charge in [0.05, 0.1) is 10.9 Å². The highest BCUT2D eigenvalue weighted by Crippen LogP contribution is 2.15. The van der Waals surface area contributed by atoms with Crippen molar-refractivity contribution in [3.8, 4) is 0 Å². The summed E-state index contributed by atoms with van der Waals surface area (Å²) in [4.78, 5) is 29.2. The van der Waals surface area contributed by atoms with Gasteiger partial charge in [-0.05, 0) is 24.6 Å². The maximum atomic E-state index is 11.8. The Hall–Kier alpha value is -1.69. The molecule has 0 saturated carbocycles. The lowest BCUT2D eigenvalue weighted by Gasteiger charge is -2.02. The molecule has 18 heavy (non-hydrogen) atoms. The molecule has 1 aromatic heterocycles. The smallest absolute Gasteiger partial charge is 0.303 e. The number of hydrogen-bond acceptors (Lipinski definition) is 3. The van der Waals surface area contributed by atoms with E-state index in [0.717, 1.165) is 4.47 Å². The molecule has 0 unspecified atom stereocenters. The van der Waals surface area contributed by atoms with Crippen LogP contribution in [-0.4, -0.2) is 21.0 Å². The quantitative estimate of drug-likeness (QED) is 0.905. The van der Waals surface area contributed by atoms with E-state index in [2.05, 4.69) is 25.9 Å². The molecule has 94 valence electrons. The molecule has 1 aromatic carbocycles. The lowest BCUT2D eigenvalue weighted by atomic mass is 10.2. The number of aromatic nitrogens is 2. The lowest BCUT2D eigenvalue weighted by Crippen LogP contribution is -2.12. The van der Waals surface area contributed by atoms with Gasteiger partial charge in [-0.1, -0.05) is 15.9 Å². The van der Waals surface area contributed by atoms with Gasteiger partial charge in [-0.3, -0.25) is 9.59 Å². The van der Waals surface area contributed by atoms with Crippen LogP contribution in [0.5, 0.6) is 0 Å². The molecule has 0 aliphatic rings. The Morgan fingerprint density at radius 2 is 2.22 bits per heavy atom. The predicted molar refractivity (Wildman–Crippen MR) is 70.6 cm³/mol. The van der Waals surface area contributed by atoms with Crippen LogP contribution >= 0.6 is 15.9 Å². The van der Waals surface area contributed by atoms with Gasteiger partial charge in [-0.25, -0.2) is 4.98 Å². The molecule has 5 nitrogen and oxygen atoms in total. The van der Waals surface area contributed by atoms with E-state index in [4.69, 9.17) is 5.11 Å². The van der Waals surface area contributed by atoms with Gasteiger partial charge in [0, 0.05) is 17.3 Å².